The third-order valence-corrected chi connectivity index (χ3v) is 6.90. The molecule has 1 aromatic carbocycles. The summed E-state index contributed by atoms with van der Waals surface area (Å²) in [7, 11) is 0. The molecule has 1 amide bonds. The maximum atomic E-state index is 13.1. The van der Waals surface area contributed by atoms with Crippen LogP contribution < -0.4 is 10.6 Å². The van der Waals surface area contributed by atoms with Gasteiger partial charge in [0.2, 0.25) is 5.91 Å². The van der Waals surface area contributed by atoms with Crippen LogP contribution >= 0.6 is 0 Å². The topological polar surface area (TPSA) is 79.1 Å². The molecule has 3 saturated heterocycles. The molecule has 1 aromatic rings. The van der Waals surface area contributed by atoms with Crippen LogP contribution in [0.5, 0.6) is 0 Å². The molecule has 3 aliphatic rings. The molecular formula is C22H31FN4O3. The monoisotopic (exact) mass is 418 g/mol. The summed E-state index contributed by atoms with van der Waals surface area (Å²) in [6.45, 7) is 5.80. The zero-order valence-corrected chi connectivity index (χ0v) is 17.4. The van der Waals surface area contributed by atoms with Gasteiger partial charge in [0.15, 0.2) is 0 Å². The number of piperidine rings is 1. The molecule has 7 nitrogen and oxygen atoms in total. The number of piperazine rings is 1. The van der Waals surface area contributed by atoms with E-state index in [1.54, 1.807) is 4.90 Å². The highest BCUT2D eigenvalue weighted by molar-refractivity contribution is 5.81. The van der Waals surface area contributed by atoms with E-state index in [4.69, 9.17) is 10.5 Å². The van der Waals surface area contributed by atoms with E-state index in [-0.39, 0.29) is 30.3 Å². The van der Waals surface area contributed by atoms with Crippen molar-refractivity contribution in [3.8, 4) is 0 Å². The Morgan fingerprint density at radius 2 is 1.77 bits per heavy atom. The van der Waals surface area contributed by atoms with Gasteiger partial charge in [0.05, 0.1) is 12.0 Å². The molecule has 0 unspecified atom stereocenters. The largest absolute Gasteiger partial charge is 0.462 e. The molecule has 0 aliphatic carbocycles. The number of amides is 1. The maximum Gasteiger partial charge on any atom is 0.312 e. The van der Waals surface area contributed by atoms with Gasteiger partial charge >= 0.3 is 5.97 Å². The number of halogens is 1. The minimum atomic E-state index is -0.419. The van der Waals surface area contributed by atoms with Gasteiger partial charge in [-0.2, -0.15) is 0 Å². The first kappa shape index (κ1) is 21.1. The zero-order valence-electron chi connectivity index (χ0n) is 17.4. The smallest absolute Gasteiger partial charge is 0.312 e. The van der Waals surface area contributed by atoms with E-state index < -0.39 is 5.41 Å². The van der Waals surface area contributed by atoms with Crippen molar-refractivity contribution in [2.24, 2.45) is 11.1 Å². The Bertz CT molecular complexity index is 756. The Labute approximate surface area is 176 Å². The van der Waals surface area contributed by atoms with Gasteiger partial charge in [0, 0.05) is 57.9 Å². The average molecular weight is 419 g/mol. The minimum Gasteiger partial charge on any atom is -0.462 e. The van der Waals surface area contributed by atoms with Crippen molar-refractivity contribution >= 4 is 17.6 Å². The van der Waals surface area contributed by atoms with Gasteiger partial charge in [-0.25, -0.2) is 4.39 Å². The summed E-state index contributed by atoms with van der Waals surface area (Å²) in [4.78, 5) is 30.8. The lowest BCUT2D eigenvalue weighted by molar-refractivity contribution is -0.152. The highest BCUT2D eigenvalue weighted by Gasteiger charge is 2.50. The van der Waals surface area contributed by atoms with Crippen LogP contribution in [-0.2, 0) is 14.3 Å². The lowest BCUT2D eigenvalue weighted by Crippen LogP contribution is -2.47. The fourth-order valence-corrected chi connectivity index (χ4v) is 4.93. The molecule has 3 aliphatic heterocycles. The van der Waals surface area contributed by atoms with Crippen LogP contribution in [0, 0.1) is 11.2 Å². The number of hydrogen-bond acceptors (Lipinski definition) is 6. The van der Waals surface area contributed by atoms with Gasteiger partial charge in [-0.1, -0.05) is 0 Å². The maximum absolute atomic E-state index is 13.1. The first-order valence-electron chi connectivity index (χ1n) is 10.9. The molecule has 3 heterocycles. The summed E-state index contributed by atoms with van der Waals surface area (Å²) in [5.74, 6) is -0.348. The highest BCUT2D eigenvalue weighted by atomic mass is 19.1. The second-order valence-corrected chi connectivity index (χ2v) is 8.69. The van der Waals surface area contributed by atoms with Crippen molar-refractivity contribution in [2.45, 2.75) is 31.8 Å². The van der Waals surface area contributed by atoms with E-state index in [9.17, 15) is 14.0 Å². The number of esters is 1. The summed E-state index contributed by atoms with van der Waals surface area (Å²) in [5.41, 5.74) is 6.09. The van der Waals surface area contributed by atoms with Crippen LogP contribution in [0.4, 0.5) is 10.1 Å². The molecule has 4 rings (SSSR count). The standard InChI is InChI=1S/C22H31FN4O3/c23-17-1-3-18(4-2-17)26-13-11-25(12-14-26)8-5-19-15-22(21(29)30-19)6-9-27(10-7-22)20(28)16-24/h1-4,19H,5-16,24H2/t19-/m0/s1. The molecule has 164 valence electrons. The molecule has 0 saturated carbocycles. The van der Waals surface area contributed by atoms with Crippen molar-refractivity contribution < 1.29 is 18.7 Å². The number of likely N-dealkylation sites (tertiary alicyclic amines) is 1. The van der Waals surface area contributed by atoms with E-state index in [1.807, 2.05) is 12.1 Å². The second-order valence-electron chi connectivity index (χ2n) is 8.69. The fraction of sp³-hybridized carbons (Fsp3) is 0.636. The number of anilines is 1. The molecule has 3 fully saturated rings. The first-order chi connectivity index (χ1) is 14.5. The third kappa shape index (κ3) is 4.44. The summed E-state index contributed by atoms with van der Waals surface area (Å²) in [6.07, 6.45) is 2.90. The summed E-state index contributed by atoms with van der Waals surface area (Å²) < 4.78 is 18.8. The average Bonchev–Trinajstić information content (AvgIpc) is 3.08. The molecule has 0 radical (unpaired) electrons. The predicted octanol–water partition coefficient (Wildman–Crippen LogP) is 1.22. The van der Waals surface area contributed by atoms with Gasteiger partial charge in [0.25, 0.3) is 0 Å². The molecule has 1 atom stereocenters. The molecule has 0 aromatic heterocycles. The number of benzene rings is 1. The van der Waals surface area contributed by atoms with E-state index in [1.165, 1.54) is 12.1 Å². The van der Waals surface area contributed by atoms with Crippen molar-refractivity contribution in [3.63, 3.8) is 0 Å². The van der Waals surface area contributed by atoms with Crippen LogP contribution in [0.25, 0.3) is 0 Å². The Hall–Kier alpha value is -2.19. The fourth-order valence-electron chi connectivity index (χ4n) is 4.93. The number of ether oxygens (including phenoxy) is 1. The number of cyclic esters (lactones) is 1. The summed E-state index contributed by atoms with van der Waals surface area (Å²) >= 11 is 0. The van der Waals surface area contributed by atoms with Gasteiger partial charge < -0.3 is 20.3 Å². The second kappa shape index (κ2) is 8.89. The Morgan fingerprint density at radius 1 is 1.10 bits per heavy atom. The Kier molecular flexibility index (Phi) is 6.24. The van der Waals surface area contributed by atoms with Crippen molar-refractivity contribution in [1.82, 2.24) is 9.80 Å². The summed E-state index contributed by atoms with van der Waals surface area (Å²) in [6, 6.07) is 6.66. The number of rotatable bonds is 5. The lowest BCUT2D eigenvalue weighted by Gasteiger charge is -2.37. The van der Waals surface area contributed by atoms with Gasteiger partial charge in [-0.15, -0.1) is 0 Å². The first-order valence-corrected chi connectivity index (χ1v) is 10.9. The van der Waals surface area contributed by atoms with Crippen LogP contribution in [0.3, 0.4) is 0 Å². The molecule has 2 N–H and O–H groups in total. The number of hydrogen-bond donors (Lipinski definition) is 1. The molecular weight excluding hydrogens is 387 g/mol. The van der Waals surface area contributed by atoms with Gasteiger partial charge in [-0.3, -0.25) is 14.5 Å². The Morgan fingerprint density at radius 3 is 2.40 bits per heavy atom. The quantitative estimate of drug-likeness (QED) is 0.725. The number of carbonyl (C=O) groups excluding carboxylic acids is 2. The van der Waals surface area contributed by atoms with E-state index in [0.29, 0.717) is 25.9 Å². The highest BCUT2D eigenvalue weighted by Crippen LogP contribution is 2.43. The zero-order chi connectivity index (χ0) is 21.1. The van der Waals surface area contributed by atoms with Crippen LogP contribution in [0.15, 0.2) is 24.3 Å². The lowest BCUT2D eigenvalue weighted by atomic mass is 9.75. The SMILES string of the molecule is NCC(=O)N1CCC2(CC1)C[C@H](CCN1CCN(c3ccc(F)cc3)CC1)OC2=O. The van der Waals surface area contributed by atoms with Gasteiger partial charge in [0.1, 0.15) is 11.9 Å². The van der Waals surface area contributed by atoms with E-state index in [2.05, 4.69) is 9.80 Å². The number of carbonyl (C=O) groups is 2. The number of nitrogens with zero attached hydrogens (tertiary/aromatic N) is 3. The van der Waals surface area contributed by atoms with Crippen molar-refractivity contribution in [1.29, 1.82) is 0 Å². The predicted molar refractivity (Wildman–Crippen MR) is 111 cm³/mol. The molecule has 0 bridgehead atoms. The van der Waals surface area contributed by atoms with E-state index >= 15 is 0 Å². The molecule has 30 heavy (non-hydrogen) atoms. The number of nitrogens with two attached hydrogens (primary N) is 1. The summed E-state index contributed by atoms with van der Waals surface area (Å²) in [5, 5.41) is 0. The van der Waals surface area contributed by atoms with Crippen LogP contribution in [-0.4, -0.2) is 80.1 Å². The van der Waals surface area contributed by atoms with Crippen LogP contribution in [0.1, 0.15) is 25.7 Å². The molecule has 1 spiro atoms. The van der Waals surface area contributed by atoms with Crippen LogP contribution in [0.2, 0.25) is 0 Å². The Balaban J connectivity index is 1.22. The normalized spacial score (nSPS) is 24.3. The third-order valence-electron chi connectivity index (χ3n) is 6.90. The molecule has 8 heteroatoms. The van der Waals surface area contributed by atoms with E-state index in [0.717, 1.165) is 51.3 Å². The van der Waals surface area contributed by atoms with Crippen molar-refractivity contribution in [2.75, 3.05) is 57.3 Å². The minimum absolute atomic E-state index is 0.0223. The van der Waals surface area contributed by atoms with Gasteiger partial charge in [-0.05, 0) is 43.5 Å². The van der Waals surface area contributed by atoms with Crippen molar-refractivity contribution in [3.05, 3.63) is 30.1 Å².